The van der Waals surface area contributed by atoms with E-state index in [0.717, 1.165) is 22.6 Å². The molecule has 8 heteroatoms. The predicted octanol–water partition coefficient (Wildman–Crippen LogP) is 3.78. The molecule has 1 aliphatic rings. The summed E-state index contributed by atoms with van der Waals surface area (Å²) in [7, 11) is 1.63. The van der Waals surface area contributed by atoms with E-state index in [2.05, 4.69) is 10.1 Å². The van der Waals surface area contributed by atoms with Crippen LogP contribution in [-0.2, 0) is 20.8 Å². The summed E-state index contributed by atoms with van der Waals surface area (Å²) in [6.07, 6.45) is 1.60. The zero-order valence-corrected chi connectivity index (χ0v) is 19.2. The normalized spacial score (nSPS) is 18.7. The van der Waals surface area contributed by atoms with Crippen LogP contribution in [0, 0.1) is 25.7 Å². The molecule has 174 valence electrons. The number of aromatic nitrogens is 3. The minimum Gasteiger partial charge on any atom is -0.383 e. The Balaban J connectivity index is 1.53. The van der Waals surface area contributed by atoms with E-state index < -0.39 is 12.1 Å². The Morgan fingerprint density at radius 1 is 1.24 bits per heavy atom. The number of rotatable bonds is 9. The molecule has 4 rings (SSSR count). The summed E-state index contributed by atoms with van der Waals surface area (Å²) in [5.41, 5.74) is 4.43. The highest BCUT2D eigenvalue weighted by atomic mass is 19.1. The van der Waals surface area contributed by atoms with Gasteiger partial charge < -0.3 is 4.74 Å². The van der Waals surface area contributed by atoms with Crippen molar-refractivity contribution in [3.8, 4) is 5.69 Å². The lowest BCUT2D eigenvalue weighted by atomic mass is 9.91. The molecule has 1 aromatic carbocycles. The summed E-state index contributed by atoms with van der Waals surface area (Å²) in [6.45, 7) is 5.60. The molecule has 0 saturated carbocycles. The smallest absolute Gasteiger partial charge is 0.213 e. The molecule has 3 aromatic rings. The summed E-state index contributed by atoms with van der Waals surface area (Å²) in [5, 5.41) is 6.45. The van der Waals surface area contributed by atoms with Gasteiger partial charge in [0.2, 0.25) is 5.95 Å². The second-order valence-electron chi connectivity index (χ2n) is 8.40. The number of methoxy groups -OCH3 is 1. The summed E-state index contributed by atoms with van der Waals surface area (Å²) in [5.74, 6) is -0.572. The Bertz CT molecular complexity index is 1100. The number of aryl methyl sites for hydroxylation is 1. The quantitative estimate of drug-likeness (QED) is 0.461. The van der Waals surface area contributed by atoms with Gasteiger partial charge in [0.15, 0.2) is 0 Å². The standard InChI is InChI=1S/C25H29FN4O3/c1-17-18(2)28-30(21-7-5-4-6-8-21)23(17)15-22(31)13-20-16-29(11-12-32-3)33-25(20)19-9-10-27-24(26)14-19/h4-10,14,20,25H,11-13,15-16H2,1-3H3/t20-,25+/m1/s1. The van der Waals surface area contributed by atoms with Crippen molar-refractivity contribution in [3.05, 3.63) is 77.1 Å². The van der Waals surface area contributed by atoms with Gasteiger partial charge in [-0.3, -0.25) is 9.63 Å². The maximum atomic E-state index is 13.8. The van der Waals surface area contributed by atoms with Crippen molar-refractivity contribution in [2.45, 2.75) is 32.8 Å². The summed E-state index contributed by atoms with van der Waals surface area (Å²) in [4.78, 5) is 23.0. The third kappa shape index (κ3) is 5.35. The van der Waals surface area contributed by atoms with Gasteiger partial charge in [0.25, 0.3) is 0 Å². The van der Waals surface area contributed by atoms with Crippen molar-refractivity contribution in [3.63, 3.8) is 0 Å². The molecule has 33 heavy (non-hydrogen) atoms. The Hall–Kier alpha value is -2.94. The van der Waals surface area contributed by atoms with Crippen LogP contribution in [0.1, 0.15) is 35.0 Å². The maximum Gasteiger partial charge on any atom is 0.213 e. The number of pyridine rings is 1. The van der Waals surface area contributed by atoms with E-state index in [4.69, 9.17) is 9.57 Å². The highest BCUT2D eigenvalue weighted by molar-refractivity contribution is 5.81. The highest BCUT2D eigenvalue weighted by Crippen LogP contribution is 2.36. The van der Waals surface area contributed by atoms with Gasteiger partial charge in [-0.05, 0) is 49.2 Å². The van der Waals surface area contributed by atoms with Crippen LogP contribution in [0.5, 0.6) is 0 Å². The van der Waals surface area contributed by atoms with Crippen molar-refractivity contribution < 1.29 is 18.8 Å². The van der Waals surface area contributed by atoms with E-state index in [9.17, 15) is 9.18 Å². The summed E-state index contributed by atoms with van der Waals surface area (Å²) >= 11 is 0. The van der Waals surface area contributed by atoms with Crippen LogP contribution in [0.4, 0.5) is 4.39 Å². The molecule has 0 radical (unpaired) electrons. The van der Waals surface area contributed by atoms with Crippen LogP contribution in [0.25, 0.3) is 5.69 Å². The van der Waals surface area contributed by atoms with Gasteiger partial charge in [-0.2, -0.15) is 14.6 Å². The number of hydrogen-bond donors (Lipinski definition) is 0. The van der Waals surface area contributed by atoms with Crippen LogP contribution >= 0.6 is 0 Å². The first-order valence-corrected chi connectivity index (χ1v) is 11.1. The number of benzene rings is 1. The molecule has 1 saturated heterocycles. The Morgan fingerprint density at radius 3 is 2.76 bits per heavy atom. The van der Waals surface area contributed by atoms with E-state index in [-0.39, 0.29) is 18.1 Å². The molecule has 0 spiro atoms. The first-order valence-electron chi connectivity index (χ1n) is 11.1. The van der Waals surface area contributed by atoms with Crippen LogP contribution in [-0.4, -0.2) is 52.4 Å². The number of halogens is 1. The number of carbonyl (C=O) groups is 1. The summed E-state index contributed by atoms with van der Waals surface area (Å²) < 4.78 is 20.8. The van der Waals surface area contributed by atoms with Gasteiger partial charge in [0.1, 0.15) is 11.9 Å². The van der Waals surface area contributed by atoms with E-state index in [1.54, 1.807) is 18.2 Å². The lowest BCUT2D eigenvalue weighted by molar-refractivity contribution is -0.155. The van der Waals surface area contributed by atoms with Gasteiger partial charge in [0.05, 0.1) is 23.7 Å². The number of carbonyl (C=O) groups excluding carboxylic acids is 1. The third-order valence-corrected chi connectivity index (χ3v) is 6.09. The average Bonchev–Trinajstić information content (AvgIpc) is 3.34. The topological polar surface area (TPSA) is 69.5 Å². The molecule has 0 aliphatic carbocycles. The second-order valence-corrected chi connectivity index (χ2v) is 8.40. The number of para-hydroxylation sites is 1. The Morgan fingerprint density at radius 2 is 2.03 bits per heavy atom. The van der Waals surface area contributed by atoms with E-state index >= 15 is 0 Å². The maximum absolute atomic E-state index is 13.8. The Kier molecular flexibility index (Phi) is 7.27. The van der Waals surface area contributed by atoms with Gasteiger partial charge in [0, 0.05) is 45.2 Å². The number of ether oxygens (including phenoxy) is 1. The minimum atomic E-state index is -0.561. The summed E-state index contributed by atoms with van der Waals surface area (Å²) in [6, 6.07) is 12.9. The van der Waals surface area contributed by atoms with E-state index in [1.165, 1.54) is 12.3 Å². The zero-order valence-electron chi connectivity index (χ0n) is 19.2. The minimum absolute atomic E-state index is 0.0944. The third-order valence-electron chi connectivity index (χ3n) is 6.09. The lowest BCUT2D eigenvalue weighted by Crippen LogP contribution is -2.24. The monoisotopic (exact) mass is 452 g/mol. The van der Waals surface area contributed by atoms with E-state index in [0.29, 0.717) is 31.7 Å². The molecule has 1 aliphatic heterocycles. The van der Waals surface area contributed by atoms with Gasteiger partial charge in [-0.15, -0.1) is 0 Å². The first kappa shape index (κ1) is 23.2. The zero-order chi connectivity index (χ0) is 23.4. The molecule has 0 N–H and O–H groups in total. The fourth-order valence-corrected chi connectivity index (χ4v) is 4.28. The van der Waals surface area contributed by atoms with Crippen LogP contribution in [0.2, 0.25) is 0 Å². The molecular weight excluding hydrogens is 423 g/mol. The van der Waals surface area contributed by atoms with Gasteiger partial charge >= 0.3 is 0 Å². The van der Waals surface area contributed by atoms with Crippen molar-refractivity contribution in [1.29, 1.82) is 0 Å². The second kappa shape index (κ2) is 10.3. The van der Waals surface area contributed by atoms with Crippen molar-refractivity contribution >= 4 is 5.78 Å². The molecule has 0 amide bonds. The number of hydroxylamine groups is 2. The predicted molar refractivity (Wildman–Crippen MR) is 121 cm³/mol. The number of Topliss-reactive ketones (excluding diaryl/α,β-unsaturated/α-hetero) is 1. The largest absolute Gasteiger partial charge is 0.383 e. The fraction of sp³-hybridized carbons (Fsp3) is 0.400. The average molecular weight is 453 g/mol. The van der Waals surface area contributed by atoms with Gasteiger partial charge in [-0.25, -0.2) is 9.67 Å². The molecule has 3 heterocycles. The highest BCUT2D eigenvalue weighted by Gasteiger charge is 2.37. The van der Waals surface area contributed by atoms with Crippen LogP contribution < -0.4 is 0 Å². The first-order chi connectivity index (χ1) is 16.0. The Labute approximate surface area is 193 Å². The van der Waals surface area contributed by atoms with Crippen molar-refractivity contribution in [2.75, 3.05) is 26.8 Å². The molecule has 1 fully saturated rings. The molecule has 2 atom stereocenters. The van der Waals surface area contributed by atoms with Gasteiger partial charge in [-0.1, -0.05) is 18.2 Å². The van der Waals surface area contributed by atoms with Crippen LogP contribution in [0.15, 0.2) is 48.7 Å². The van der Waals surface area contributed by atoms with Crippen molar-refractivity contribution in [1.82, 2.24) is 19.8 Å². The molecule has 0 bridgehead atoms. The number of hydrogen-bond acceptors (Lipinski definition) is 6. The number of ketones is 1. The molecule has 2 aromatic heterocycles. The molecular formula is C25H29FN4O3. The SMILES string of the molecule is COCCN1C[C@@H](CC(=O)Cc2c(C)c(C)nn2-c2ccccc2)[C@H](c2ccnc(F)c2)O1. The number of nitrogens with zero attached hydrogens (tertiary/aromatic N) is 4. The molecule has 7 nitrogen and oxygen atoms in total. The molecule has 0 unspecified atom stereocenters. The fourth-order valence-electron chi connectivity index (χ4n) is 4.28. The lowest BCUT2D eigenvalue weighted by Gasteiger charge is -2.17. The van der Waals surface area contributed by atoms with Crippen LogP contribution in [0.3, 0.4) is 0 Å². The van der Waals surface area contributed by atoms with Crippen molar-refractivity contribution in [2.24, 2.45) is 5.92 Å². The van der Waals surface area contributed by atoms with E-state index in [1.807, 2.05) is 48.9 Å².